The van der Waals surface area contributed by atoms with Gasteiger partial charge in [0.2, 0.25) is 5.89 Å². The van der Waals surface area contributed by atoms with Crippen LogP contribution in [0.2, 0.25) is 0 Å². The summed E-state index contributed by atoms with van der Waals surface area (Å²) in [5, 5.41) is 16.3. The molecule has 0 saturated carbocycles. The van der Waals surface area contributed by atoms with E-state index in [2.05, 4.69) is 15.2 Å². The Morgan fingerprint density at radius 3 is 3.00 bits per heavy atom. The summed E-state index contributed by atoms with van der Waals surface area (Å²) in [7, 11) is 0. The summed E-state index contributed by atoms with van der Waals surface area (Å²) in [5.41, 5.74) is 2.58. The zero-order valence-corrected chi connectivity index (χ0v) is 10.0. The van der Waals surface area contributed by atoms with Gasteiger partial charge in [-0.3, -0.25) is 4.79 Å². The Labute approximate surface area is 101 Å². The standard InChI is InChI=1S/C10H11N3O3S/c1-6-9(17-5-11-6)10-13-12-7(16-10)3-2-4-8(14)15/h5H,2-4H2,1H3,(H,14,15). The fourth-order valence-corrected chi connectivity index (χ4v) is 2.07. The molecule has 0 unspecified atom stereocenters. The molecule has 0 aromatic carbocycles. The first kappa shape index (κ1) is 11.7. The molecule has 17 heavy (non-hydrogen) atoms. The van der Waals surface area contributed by atoms with Gasteiger partial charge in [0, 0.05) is 12.8 Å². The van der Waals surface area contributed by atoms with Crippen LogP contribution >= 0.6 is 11.3 Å². The van der Waals surface area contributed by atoms with Crippen LogP contribution in [-0.2, 0) is 11.2 Å². The Morgan fingerprint density at radius 2 is 2.35 bits per heavy atom. The maximum absolute atomic E-state index is 10.4. The highest BCUT2D eigenvalue weighted by Gasteiger charge is 2.13. The molecule has 0 radical (unpaired) electrons. The van der Waals surface area contributed by atoms with E-state index in [0.29, 0.717) is 24.6 Å². The van der Waals surface area contributed by atoms with Gasteiger partial charge in [0.05, 0.1) is 11.2 Å². The summed E-state index contributed by atoms with van der Waals surface area (Å²) in [5.74, 6) is 0.104. The number of carboxylic acid groups (broad SMARTS) is 1. The van der Waals surface area contributed by atoms with Gasteiger partial charge in [0.25, 0.3) is 5.89 Å². The van der Waals surface area contributed by atoms with Crippen LogP contribution in [0.1, 0.15) is 24.4 Å². The summed E-state index contributed by atoms with van der Waals surface area (Å²) in [6.07, 6.45) is 1.09. The van der Waals surface area contributed by atoms with Crippen LogP contribution in [0.25, 0.3) is 10.8 Å². The third kappa shape index (κ3) is 2.88. The first-order chi connectivity index (χ1) is 8.16. The lowest BCUT2D eigenvalue weighted by Crippen LogP contribution is -1.95. The minimum atomic E-state index is -0.817. The lowest BCUT2D eigenvalue weighted by Gasteiger charge is -1.92. The summed E-state index contributed by atoms with van der Waals surface area (Å²) < 4.78 is 5.45. The Balaban J connectivity index is 2.01. The maximum atomic E-state index is 10.4. The largest absolute Gasteiger partial charge is 0.481 e. The van der Waals surface area contributed by atoms with Crippen LogP contribution in [0, 0.1) is 6.92 Å². The van der Waals surface area contributed by atoms with Gasteiger partial charge in [-0.2, -0.15) is 0 Å². The SMILES string of the molecule is Cc1ncsc1-c1nnc(CCCC(=O)O)o1. The molecule has 0 aliphatic carbocycles. The molecule has 90 valence electrons. The lowest BCUT2D eigenvalue weighted by molar-refractivity contribution is -0.137. The highest BCUT2D eigenvalue weighted by Crippen LogP contribution is 2.25. The molecule has 2 aromatic rings. The molecule has 2 rings (SSSR count). The Hall–Kier alpha value is -1.76. The molecule has 0 saturated heterocycles. The van der Waals surface area contributed by atoms with Crippen molar-refractivity contribution < 1.29 is 14.3 Å². The Morgan fingerprint density at radius 1 is 1.53 bits per heavy atom. The molecule has 7 heteroatoms. The zero-order chi connectivity index (χ0) is 12.3. The first-order valence-corrected chi connectivity index (χ1v) is 5.99. The van der Waals surface area contributed by atoms with Crippen molar-refractivity contribution in [3.63, 3.8) is 0 Å². The number of hydrogen-bond donors (Lipinski definition) is 1. The number of nitrogens with zero attached hydrogens (tertiary/aromatic N) is 3. The van der Waals surface area contributed by atoms with Crippen LogP contribution < -0.4 is 0 Å². The molecule has 0 aliphatic rings. The smallest absolute Gasteiger partial charge is 0.303 e. The molecule has 0 bridgehead atoms. The number of aromatic nitrogens is 3. The molecule has 0 fully saturated rings. The van der Waals surface area contributed by atoms with Crippen LogP contribution in [0.3, 0.4) is 0 Å². The third-order valence-electron chi connectivity index (χ3n) is 2.19. The van der Waals surface area contributed by atoms with Crippen molar-refractivity contribution in [3.8, 4) is 10.8 Å². The predicted molar refractivity (Wildman–Crippen MR) is 60.7 cm³/mol. The van der Waals surface area contributed by atoms with Gasteiger partial charge in [-0.25, -0.2) is 4.98 Å². The van der Waals surface area contributed by atoms with Crippen LogP contribution in [0.4, 0.5) is 0 Å². The van der Waals surface area contributed by atoms with Gasteiger partial charge in [0.15, 0.2) is 0 Å². The summed E-state index contributed by atoms with van der Waals surface area (Å²) in [4.78, 5) is 15.3. The lowest BCUT2D eigenvalue weighted by atomic mass is 10.2. The molecule has 0 amide bonds. The Kier molecular flexibility index (Phi) is 3.48. The minimum absolute atomic E-state index is 0.108. The van der Waals surface area contributed by atoms with Crippen LogP contribution in [0.15, 0.2) is 9.93 Å². The topological polar surface area (TPSA) is 89.1 Å². The van der Waals surface area contributed by atoms with Crippen molar-refractivity contribution >= 4 is 17.3 Å². The van der Waals surface area contributed by atoms with E-state index in [-0.39, 0.29) is 6.42 Å². The molecular weight excluding hydrogens is 242 g/mol. The van der Waals surface area contributed by atoms with Crippen molar-refractivity contribution in [1.82, 2.24) is 15.2 Å². The van der Waals surface area contributed by atoms with Crippen LogP contribution in [-0.4, -0.2) is 26.3 Å². The van der Waals surface area contributed by atoms with E-state index < -0.39 is 5.97 Å². The molecular formula is C10H11N3O3S. The van der Waals surface area contributed by atoms with E-state index in [9.17, 15) is 4.79 Å². The van der Waals surface area contributed by atoms with Gasteiger partial charge in [-0.1, -0.05) is 0 Å². The number of hydrogen-bond acceptors (Lipinski definition) is 6. The van der Waals surface area contributed by atoms with Crippen LogP contribution in [0.5, 0.6) is 0 Å². The highest BCUT2D eigenvalue weighted by molar-refractivity contribution is 7.13. The Bertz CT molecular complexity index is 520. The first-order valence-electron chi connectivity index (χ1n) is 5.11. The number of carbonyl (C=O) groups is 1. The molecule has 0 spiro atoms. The van der Waals surface area contributed by atoms with E-state index in [0.717, 1.165) is 10.6 Å². The van der Waals surface area contributed by atoms with Crippen molar-refractivity contribution in [2.45, 2.75) is 26.2 Å². The summed E-state index contributed by atoms with van der Waals surface area (Å²) in [6, 6.07) is 0. The van der Waals surface area contributed by atoms with E-state index in [4.69, 9.17) is 9.52 Å². The fourth-order valence-electron chi connectivity index (χ4n) is 1.34. The van der Waals surface area contributed by atoms with Crippen molar-refractivity contribution in [1.29, 1.82) is 0 Å². The molecule has 1 N–H and O–H groups in total. The maximum Gasteiger partial charge on any atom is 0.303 e. The number of aryl methyl sites for hydroxylation is 2. The number of aliphatic carboxylic acids is 1. The molecule has 6 nitrogen and oxygen atoms in total. The molecule has 2 aromatic heterocycles. The van der Waals surface area contributed by atoms with Gasteiger partial charge in [-0.05, 0) is 13.3 Å². The van der Waals surface area contributed by atoms with E-state index >= 15 is 0 Å². The van der Waals surface area contributed by atoms with E-state index in [1.165, 1.54) is 11.3 Å². The monoisotopic (exact) mass is 253 g/mol. The molecule has 0 aliphatic heterocycles. The minimum Gasteiger partial charge on any atom is -0.481 e. The fraction of sp³-hybridized carbons (Fsp3) is 0.400. The molecule has 0 atom stereocenters. The zero-order valence-electron chi connectivity index (χ0n) is 9.21. The van der Waals surface area contributed by atoms with Crippen molar-refractivity contribution in [2.24, 2.45) is 0 Å². The predicted octanol–water partition coefficient (Wildman–Crippen LogP) is 1.91. The average Bonchev–Trinajstić information content (AvgIpc) is 2.86. The van der Waals surface area contributed by atoms with Gasteiger partial charge >= 0.3 is 5.97 Å². The average molecular weight is 253 g/mol. The van der Waals surface area contributed by atoms with E-state index in [1.807, 2.05) is 6.92 Å². The second-order valence-electron chi connectivity index (χ2n) is 3.52. The molecule has 2 heterocycles. The van der Waals surface area contributed by atoms with Gasteiger partial charge in [-0.15, -0.1) is 21.5 Å². The van der Waals surface area contributed by atoms with Gasteiger partial charge in [0.1, 0.15) is 4.88 Å². The van der Waals surface area contributed by atoms with Crippen molar-refractivity contribution in [3.05, 3.63) is 17.1 Å². The number of rotatable bonds is 5. The number of carboxylic acids is 1. The normalized spacial score (nSPS) is 10.6. The van der Waals surface area contributed by atoms with Crippen molar-refractivity contribution in [2.75, 3.05) is 0 Å². The second-order valence-corrected chi connectivity index (χ2v) is 4.37. The summed E-state index contributed by atoms with van der Waals surface area (Å²) in [6.45, 7) is 1.88. The second kappa shape index (κ2) is 5.05. The summed E-state index contributed by atoms with van der Waals surface area (Å²) >= 11 is 1.44. The third-order valence-corrected chi connectivity index (χ3v) is 3.10. The highest BCUT2D eigenvalue weighted by atomic mass is 32.1. The number of thiazole rings is 1. The van der Waals surface area contributed by atoms with Gasteiger partial charge < -0.3 is 9.52 Å². The van der Waals surface area contributed by atoms with E-state index in [1.54, 1.807) is 5.51 Å². The quantitative estimate of drug-likeness (QED) is 0.875.